The molecule has 1 aliphatic rings. The van der Waals surface area contributed by atoms with Crippen molar-refractivity contribution in [2.75, 3.05) is 31.7 Å². The summed E-state index contributed by atoms with van der Waals surface area (Å²) in [6.45, 7) is 2.38. The van der Waals surface area contributed by atoms with Gasteiger partial charge in [0.25, 0.3) is 5.69 Å². The molecule has 19 heavy (non-hydrogen) atoms. The lowest BCUT2D eigenvalue weighted by molar-refractivity contribution is -0.384. The van der Waals surface area contributed by atoms with Gasteiger partial charge in [0.15, 0.2) is 0 Å². The number of halogens is 1. The molecule has 0 aromatic heterocycles. The summed E-state index contributed by atoms with van der Waals surface area (Å²) in [6, 6.07) is 5.09. The van der Waals surface area contributed by atoms with Crippen LogP contribution in [0.1, 0.15) is 12.8 Å². The smallest absolute Gasteiger partial charge is 0.292 e. The molecule has 2 rings (SSSR count). The molecule has 1 aromatic carbocycles. The van der Waals surface area contributed by atoms with E-state index in [0.29, 0.717) is 18.2 Å². The maximum atomic E-state index is 11.1. The summed E-state index contributed by atoms with van der Waals surface area (Å²) >= 11 is 3.38. The Balaban J connectivity index is 2.24. The number of rotatable bonds is 4. The summed E-state index contributed by atoms with van der Waals surface area (Å²) in [5.41, 5.74) is 0.862. The third-order valence-electron chi connectivity index (χ3n) is 3.40. The lowest BCUT2D eigenvalue weighted by Crippen LogP contribution is -2.37. The van der Waals surface area contributed by atoms with Gasteiger partial charge in [0, 0.05) is 30.7 Å². The van der Waals surface area contributed by atoms with E-state index in [1.54, 1.807) is 19.2 Å². The number of nitro benzene ring substituents is 1. The molecule has 0 aliphatic carbocycles. The van der Waals surface area contributed by atoms with Crippen LogP contribution in [0.15, 0.2) is 22.7 Å². The van der Waals surface area contributed by atoms with Gasteiger partial charge in [-0.1, -0.05) is 15.9 Å². The van der Waals surface area contributed by atoms with Crippen LogP contribution in [0.5, 0.6) is 0 Å². The Bertz CT molecular complexity index is 465. The number of benzene rings is 1. The Labute approximate surface area is 120 Å². The molecule has 5 nitrogen and oxygen atoms in total. The van der Waals surface area contributed by atoms with E-state index in [2.05, 4.69) is 20.8 Å². The third-order valence-corrected chi connectivity index (χ3v) is 3.89. The zero-order chi connectivity index (χ0) is 13.8. The van der Waals surface area contributed by atoms with Crippen molar-refractivity contribution < 1.29 is 9.66 Å². The summed E-state index contributed by atoms with van der Waals surface area (Å²) in [4.78, 5) is 12.9. The molecule has 1 fully saturated rings. The standard InChI is InChI=1S/C13H17BrN2O3/c1-19-9-10-3-2-6-15(8-10)13-7-11(14)4-5-12(13)16(17)18/h4-5,7,10H,2-3,6,8-9H2,1H3. The summed E-state index contributed by atoms with van der Waals surface area (Å²) in [5.74, 6) is 0.442. The van der Waals surface area contributed by atoms with E-state index >= 15 is 0 Å². The van der Waals surface area contributed by atoms with Crippen LogP contribution >= 0.6 is 15.9 Å². The van der Waals surface area contributed by atoms with E-state index in [1.807, 2.05) is 6.07 Å². The molecule has 1 saturated heterocycles. The van der Waals surface area contributed by atoms with Crippen molar-refractivity contribution in [1.29, 1.82) is 0 Å². The van der Waals surface area contributed by atoms with Gasteiger partial charge in [0.1, 0.15) is 5.69 Å². The van der Waals surface area contributed by atoms with Crippen molar-refractivity contribution >= 4 is 27.3 Å². The predicted molar refractivity (Wildman–Crippen MR) is 77.6 cm³/mol. The van der Waals surface area contributed by atoms with E-state index < -0.39 is 0 Å². The molecule has 0 saturated carbocycles. The average Bonchev–Trinajstić information content (AvgIpc) is 2.39. The highest BCUT2D eigenvalue weighted by Gasteiger charge is 2.25. The lowest BCUT2D eigenvalue weighted by Gasteiger charge is -2.33. The quantitative estimate of drug-likeness (QED) is 0.629. The van der Waals surface area contributed by atoms with Gasteiger partial charge in [-0.15, -0.1) is 0 Å². The summed E-state index contributed by atoms with van der Waals surface area (Å²) in [6.07, 6.45) is 2.16. The molecular weight excluding hydrogens is 312 g/mol. The van der Waals surface area contributed by atoms with Gasteiger partial charge in [-0.05, 0) is 30.9 Å². The van der Waals surface area contributed by atoms with Crippen LogP contribution in [0.2, 0.25) is 0 Å². The SMILES string of the molecule is COCC1CCCN(c2cc(Br)ccc2[N+](=O)[O-])C1. The van der Waals surface area contributed by atoms with E-state index in [1.165, 1.54) is 0 Å². The van der Waals surface area contributed by atoms with Crippen LogP contribution in [0.3, 0.4) is 0 Å². The number of methoxy groups -OCH3 is 1. The van der Waals surface area contributed by atoms with Gasteiger partial charge in [-0.2, -0.15) is 0 Å². The second kappa shape index (κ2) is 6.34. The first-order valence-electron chi connectivity index (χ1n) is 6.29. The Kier molecular flexibility index (Phi) is 4.76. The first-order chi connectivity index (χ1) is 9.11. The monoisotopic (exact) mass is 328 g/mol. The van der Waals surface area contributed by atoms with Crippen molar-refractivity contribution in [3.63, 3.8) is 0 Å². The Hall–Kier alpha value is -1.14. The fourth-order valence-corrected chi connectivity index (χ4v) is 2.91. The van der Waals surface area contributed by atoms with Crippen LogP contribution in [0, 0.1) is 16.0 Å². The Morgan fingerprint density at radius 3 is 3.05 bits per heavy atom. The minimum Gasteiger partial charge on any atom is -0.384 e. The summed E-state index contributed by atoms with van der Waals surface area (Å²) < 4.78 is 6.06. The van der Waals surface area contributed by atoms with Gasteiger partial charge in [-0.25, -0.2) is 0 Å². The van der Waals surface area contributed by atoms with E-state index in [9.17, 15) is 10.1 Å². The summed E-state index contributed by atoms with van der Waals surface area (Å²) in [7, 11) is 1.69. The van der Waals surface area contributed by atoms with Crippen molar-refractivity contribution in [3.8, 4) is 0 Å². The first-order valence-corrected chi connectivity index (χ1v) is 7.09. The lowest BCUT2D eigenvalue weighted by atomic mass is 9.98. The number of anilines is 1. The van der Waals surface area contributed by atoms with Crippen LogP contribution in [0.25, 0.3) is 0 Å². The molecule has 0 amide bonds. The minimum absolute atomic E-state index is 0.168. The molecule has 1 heterocycles. The Morgan fingerprint density at radius 1 is 1.58 bits per heavy atom. The maximum Gasteiger partial charge on any atom is 0.292 e. The molecule has 1 atom stereocenters. The number of hydrogen-bond acceptors (Lipinski definition) is 4. The Morgan fingerprint density at radius 2 is 2.37 bits per heavy atom. The highest BCUT2D eigenvalue weighted by molar-refractivity contribution is 9.10. The van der Waals surface area contributed by atoms with Crippen LogP contribution in [0.4, 0.5) is 11.4 Å². The van der Waals surface area contributed by atoms with Crippen molar-refractivity contribution in [2.24, 2.45) is 5.92 Å². The van der Waals surface area contributed by atoms with Crippen molar-refractivity contribution in [3.05, 3.63) is 32.8 Å². The van der Waals surface area contributed by atoms with Gasteiger partial charge in [0.2, 0.25) is 0 Å². The van der Waals surface area contributed by atoms with Crippen LogP contribution < -0.4 is 4.90 Å². The molecule has 0 spiro atoms. The number of ether oxygens (including phenoxy) is 1. The van der Waals surface area contributed by atoms with E-state index in [-0.39, 0.29) is 10.6 Å². The molecular formula is C13H17BrN2O3. The molecule has 1 aromatic rings. The molecule has 0 N–H and O–H groups in total. The maximum absolute atomic E-state index is 11.1. The number of piperidine rings is 1. The molecule has 0 bridgehead atoms. The second-order valence-electron chi connectivity index (χ2n) is 4.80. The largest absolute Gasteiger partial charge is 0.384 e. The summed E-state index contributed by atoms with van der Waals surface area (Å²) in [5, 5.41) is 11.1. The molecule has 1 aliphatic heterocycles. The number of nitrogens with zero attached hydrogens (tertiary/aromatic N) is 2. The number of hydrogen-bond donors (Lipinski definition) is 0. The van der Waals surface area contributed by atoms with Crippen LogP contribution in [-0.4, -0.2) is 31.7 Å². The predicted octanol–water partition coefficient (Wildman–Crippen LogP) is 3.22. The van der Waals surface area contributed by atoms with Gasteiger partial charge >= 0.3 is 0 Å². The normalized spacial score (nSPS) is 19.5. The van der Waals surface area contributed by atoms with Crippen LogP contribution in [-0.2, 0) is 4.74 Å². The van der Waals surface area contributed by atoms with Gasteiger partial charge < -0.3 is 9.64 Å². The molecule has 1 unspecified atom stereocenters. The molecule has 104 valence electrons. The second-order valence-corrected chi connectivity index (χ2v) is 5.72. The fourth-order valence-electron chi connectivity index (χ4n) is 2.56. The van der Waals surface area contributed by atoms with Gasteiger partial charge in [-0.3, -0.25) is 10.1 Å². The molecule has 0 radical (unpaired) electrons. The first kappa shape index (κ1) is 14.3. The average molecular weight is 329 g/mol. The van der Waals surface area contributed by atoms with E-state index in [4.69, 9.17) is 4.74 Å². The highest BCUT2D eigenvalue weighted by Crippen LogP contribution is 2.33. The van der Waals surface area contributed by atoms with Crippen molar-refractivity contribution in [1.82, 2.24) is 0 Å². The number of nitro groups is 1. The molecule has 6 heteroatoms. The third kappa shape index (κ3) is 3.45. The zero-order valence-electron chi connectivity index (χ0n) is 10.8. The topological polar surface area (TPSA) is 55.6 Å². The van der Waals surface area contributed by atoms with Gasteiger partial charge in [0.05, 0.1) is 11.5 Å². The zero-order valence-corrected chi connectivity index (χ0v) is 12.4. The minimum atomic E-state index is -0.318. The fraction of sp³-hybridized carbons (Fsp3) is 0.538. The van der Waals surface area contributed by atoms with E-state index in [0.717, 1.165) is 30.4 Å². The van der Waals surface area contributed by atoms with Crippen molar-refractivity contribution in [2.45, 2.75) is 12.8 Å². The highest BCUT2D eigenvalue weighted by atomic mass is 79.9.